The fourth-order valence-electron chi connectivity index (χ4n) is 11.8. The summed E-state index contributed by atoms with van der Waals surface area (Å²) in [7, 11) is 0. The van der Waals surface area contributed by atoms with Crippen LogP contribution >= 0.6 is 11.3 Å². The Morgan fingerprint density at radius 1 is 0.274 bits per heavy atom. The Morgan fingerprint density at radius 3 is 1.30 bits per heavy atom. The molecule has 5 nitrogen and oxygen atoms in total. The maximum atomic E-state index is 5.51. The Morgan fingerprint density at radius 2 is 0.712 bits per heavy atom. The zero-order valence-electron chi connectivity index (χ0n) is 39.2. The van der Waals surface area contributed by atoms with Gasteiger partial charge in [-0.25, -0.2) is 4.98 Å². The van der Waals surface area contributed by atoms with Crippen molar-refractivity contribution >= 4 is 118 Å². The van der Waals surface area contributed by atoms with Gasteiger partial charge in [-0.05, 0) is 127 Å². The van der Waals surface area contributed by atoms with E-state index >= 15 is 0 Å². The maximum Gasteiger partial charge on any atom is 0.238 e. The molecule has 16 rings (SSSR count). The number of thiophene rings is 1. The molecule has 4 aromatic heterocycles. The van der Waals surface area contributed by atoms with E-state index in [1.807, 2.05) is 11.3 Å². The number of nitrogens with zero attached hydrogens (tertiary/aromatic N) is 5. The molecule has 73 heavy (non-hydrogen) atoms. The molecule has 0 saturated heterocycles. The van der Waals surface area contributed by atoms with Gasteiger partial charge in [-0.15, -0.1) is 11.3 Å². The van der Waals surface area contributed by atoms with E-state index in [0.717, 1.165) is 82.1 Å². The molecule has 16 aromatic rings. The molecule has 0 atom stereocenters. The minimum Gasteiger partial charge on any atom is -0.309 e. The molecule has 0 saturated carbocycles. The maximum absolute atomic E-state index is 5.51. The first kappa shape index (κ1) is 40.3. The van der Waals surface area contributed by atoms with E-state index in [1.165, 1.54) is 52.8 Å². The first-order valence-electron chi connectivity index (χ1n) is 24.8. The van der Waals surface area contributed by atoms with Crippen molar-refractivity contribution in [2.75, 3.05) is 0 Å². The second-order valence-corrected chi connectivity index (χ2v) is 20.2. The summed E-state index contributed by atoms with van der Waals surface area (Å²) in [4.78, 5) is 16.5. The van der Waals surface area contributed by atoms with Gasteiger partial charge in [0.15, 0.2) is 11.6 Å². The molecule has 0 amide bonds. The minimum atomic E-state index is 0.566. The average molecular weight is 946 g/mol. The second-order valence-electron chi connectivity index (χ2n) is 19.1. The van der Waals surface area contributed by atoms with Crippen LogP contribution in [0.5, 0.6) is 0 Å². The number of hydrogen-bond donors (Lipinski definition) is 0. The molecule has 0 unspecified atom stereocenters. The van der Waals surface area contributed by atoms with Crippen molar-refractivity contribution in [1.29, 1.82) is 0 Å². The average Bonchev–Trinajstić information content (AvgIpc) is 4.11. The summed E-state index contributed by atoms with van der Waals surface area (Å²) >= 11 is 1.86. The monoisotopic (exact) mass is 945 g/mol. The van der Waals surface area contributed by atoms with E-state index in [9.17, 15) is 0 Å². The van der Waals surface area contributed by atoms with Crippen LogP contribution in [0.1, 0.15) is 0 Å². The van der Waals surface area contributed by atoms with Crippen LogP contribution in [0.2, 0.25) is 0 Å². The van der Waals surface area contributed by atoms with Gasteiger partial charge < -0.3 is 4.57 Å². The van der Waals surface area contributed by atoms with Crippen LogP contribution in [0.25, 0.3) is 152 Å². The molecular weight excluding hydrogens is 907 g/mol. The van der Waals surface area contributed by atoms with Crippen LogP contribution in [0.15, 0.2) is 237 Å². The van der Waals surface area contributed by atoms with Crippen molar-refractivity contribution < 1.29 is 0 Å². The number of rotatable bonds is 5. The van der Waals surface area contributed by atoms with Crippen LogP contribution in [0, 0.1) is 0 Å². The van der Waals surface area contributed by atoms with E-state index in [4.69, 9.17) is 15.0 Å². The lowest BCUT2D eigenvalue weighted by Crippen LogP contribution is -2.07. The van der Waals surface area contributed by atoms with Crippen LogP contribution in [0.4, 0.5) is 0 Å². The Balaban J connectivity index is 0.905. The number of fused-ring (bicyclic) bond motifs is 15. The van der Waals surface area contributed by atoms with Crippen molar-refractivity contribution in [3.8, 4) is 45.5 Å². The van der Waals surface area contributed by atoms with Crippen LogP contribution in [0.3, 0.4) is 0 Å². The molecule has 0 N–H and O–H groups in total. The molecule has 12 aromatic carbocycles. The third kappa shape index (κ3) is 6.05. The van der Waals surface area contributed by atoms with Gasteiger partial charge >= 0.3 is 0 Å². The molecule has 4 heterocycles. The van der Waals surface area contributed by atoms with E-state index in [1.54, 1.807) is 0 Å². The highest BCUT2D eigenvalue weighted by Crippen LogP contribution is 2.42. The predicted molar refractivity (Wildman–Crippen MR) is 308 cm³/mol. The normalized spacial score (nSPS) is 12.1. The summed E-state index contributed by atoms with van der Waals surface area (Å²) in [5.74, 6) is 1.81. The van der Waals surface area contributed by atoms with E-state index in [-0.39, 0.29) is 0 Å². The van der Waals surface area contributed by atoms with Crippen LogP contribution < -0.4 is 0 Å². The van der Waals surface area contributed by atoms with Crippen molar-refractivity contribution in [2.45, 2.75) is 0 Å². The Bertz CT molecular complexity index is 4860. The van der Waals surface area contributed by atoms with Gasteiger partial charge in [-0.2, -0.15) is 9.97 Å². The molecular formula is C67H39N5S. The molecule has 0 aliphatic heterocycles. The molecule has 338 valence electrons. The molecule has 0 bridgehead atoms. The van der Waals surface area contributed by atoms with E-state index in [0.29, 0.717) is 17.6 Å². The van der Waals surface area contributed by atoms with Gasteiger partial charge in [0.25, 0.3) is 0 Å². The lowest BCUT2D eigenvalue weighted by Gasteiger charge is -2.15. The minimum absolute atomic E-state index is 0.566. The van der Waals surface area contributed by atoms with Crippen LogP contribution in [-0.4, -0.2) is 24.1 Å². The third-order valence-corrected chi connectivity index (χ3v) is 16.3. The Kier molecular flexibility index (Phi) is 8.55. The smallest absolute Gasteiger partial charge is 0.238 e. The summed E-state index contributed by atoms with van der Waals surface area (Å²) < 4.78 is 7.28. The molecule has 6 heteroatoms. The van der Waals surface area contributed by atoms with Gasteiger partial charge in [-0.3, -0.25) is 4.57 Å². The number of aromatic nitrogens is 5. The van der Waals surface area contributed by atoms with Crippen molar-refractivity contribution in [3.63, 3.8) is 0 Å². The molecule has 0 aliphatic carbocycles. The van der Waals surface area contributed by atoms with Crippen LogP contribution in [-0.2, 0) is 0 Å². The van der Waals surface area contributed by atoms with Crippen molar-refractivity contribution in [3.05, 3.63) is 237 Å². The summed E-state index contributed by atoms with van der Waals surface area (Å²) in [6.07, 6.45) is 0. The number of para-hydroxylation sites is 2. The summed E-state index contributed by atoms with van der Waals surface area (Å²) in [6, 6.07) is 85.8. The summed E-state index contributed by atoms with van der Waals surface area (Å²) in [5.41, 5.74) is 9.81. The highest BCUT2D eigenvalue weighted by molar-refractivity contribution is 7.25. The SMILES string of the molecule is c1ccc2c(c1)cc(-c1nc(-c3cc4ccccc4c4ccccc34)nc(-n3c4ccccc4c4cc(-c5ccc6c(c5)c5ccccc5n6-c5ccc6sc7ccccc7c6c5)ccc43)n1)c1ccccc12. The first-order chi connectivity index (χ1) is 36.2. The van der Waals surface area contributed by atoms with Crippen molar-refractivity contribution in [2.24, 2.45) is 0 Å². The van der Waals surface area contributed by atoms with Gasteiger partial charge in [-0.1, -0.05) is 164 Å². The fraction of sp³-hybridized carbons (Fsp3) is 0. The zero-order chi connectivity index (χ0) is 47.7. The Hall–Kier alpha value is -9.49. The Labute approximate surface area is 422 Å². The quantitative estimate of drug-likeness (QED) is 0.162. The topological polar surface area (TPSA) is 48.5 Å². The van der Waals surface area contributed by atoms with Crippen molar-refractivity contribution in [1.82, 2.24) is 24.1 Å². The predicted octanol–water partition coefficient (Wildman–Crippen LogP) is 18.0. The lowest BCUT2D eigenvalue weighted by atomic mass is 9.96. The fourth-order valence-corrected chi connectivity index (χ4v) is 12.9. The molecule has 0 spiro atoms. The summed E-state index contributed by atoms with van der Waals surface area (Å²) in [5, 5.41) is 16.5. The molecule has 0 radical (unpaired) electrons. The molecule has 0 fully saturated rings. The van der Waals surface area contributed by atoms with Gasteiger partial charge in [0.1, 0.15) is 0 Å². The lowest BCUT2D eigenvalue weighted by molar-refractivity contribution is 0.955. The zero-order valence-corrected chi connectivity index (χ0v) is 40.0. The van der Waals surface area contributed by atoms with Gasteiger partial charge in [0, 0.05) is 58.5 Å². The number of benzene rings is 12. The number of hydrogen-bond acceptors (Lipinski definition) is 4. The first-order valence-corrected chi connectivity index (χ1v) is 25.6. The largest absolute Gasteiger partial charge is 0.309 e. The summed E-state index contributed by atoms with van der Waals surface area (Å²) in [6.45, 7) is 0. The van der Waals surface area contributed by atoms with E-state index in [2.05, 4.69) is 246 Å². The highest BCUT2D eigenvalue weighted by Gasteiger charge is 2.22. The standard InChI is InChI=1S/C67H39N5S/c1-3-17-45-42(15-1)37-57(49-21-7-5-19-47(45)49)65-68-66(58-38-43-16-2-4-18-46(43)48-20-6-8-22-50(48)58)70-67(69-65)72-60-27-13-10-24-52(60)55-36-41(30-33-62(55)72)40-29-32-61-54(35-40)51-23-9-12-26-59(51)71(61)44-31-34-64-56(39-44)53-25-11-14-28-63(53)73-64/h1-39H. The molecule has 0 aliphatic rings. The van der Waals surface area contributed by atoms with Gasteiger partial charge in [0.2, 0.25) is 5.95 Å². The third-order valence-electron chi connectivity index (χ3n) is 15.1. The van der Waals surface area contributed by atoms with Gasteiger partial charge in [0.05, 0.1) is 22.1 Å². The second kappa shape index (κ2) is 15.5. The highest BCUT2D eigenvalue weighted by atomic mass is 32.1. The van der Waals surface area contributed by atoms with E-state index < -0.39 is 0 Å².